The number of benzene rings is 1. The molecule has 8 nitrogen and oxygen atoms in total. The average molecular weight is 445 g/mol. The van der Waals surface area contributed by atoms with Gasteiger partial charge in [0, 0.05) is 29.0 Å². The quantitative estimate of drug-likeness (QED) is 0.563. The van der Waals surface area contributed by atoms with Gasteiger partial charge in [-0.15, -0.1) is 10.2 Å². The summed E-state index contributed by atoms with van der Waals surface area (Å²) in [7, 11) is 0. The number of hydrogen-bond acceptors (Lipinski definition) is 6. The second-order valence-corrected chi connectivity index (χ2v) is 8.08. The van der Waals surface area contributed by atoms with Gasteiger partial charge < -0.3 is 5.32 Å². The van der Waals surface area contributed by atoms with Crippen molar-refractivity contribution < 1.29 is 9.59 Å². The Bertz CT molecular complexity index is 1050. The normalized spacial score (nSPS) is 10.8. The van der Waals surface area contributed by atoms with Crippen LogP contribution in [0.4, 0.5) is 4.79 Å². The number of aromatic nitrogens is 4. The van der Waals surface area contributed by atoms with Crippen LogP contribution in [0.2, 0.25) is 5.02 Å². The topological polar surface area (TPSA) is 102 Å². The van der Waals surface area contributed by atoms with Crippen molar-refractivity contribution in [1.82, 2.24) is 30.4 Å². The van der Waals surface area contributed by atoms with E-state index >= 15 is 0 Å². The molecule has 3 rings (SSSR count). The third-order valence-corrected chi connectivity index (χ3v) is 5.40. The lowest BCUT2D eigenvalue weighted by Crippen LogP contribution is -2.43. The molecule has 10 heteroatoms. The molecule has 0 bridgehead atoms. The first-order valence-corrected chi connectivity index (χ1v) is 10.6. The van der Waals surface area contributed by atoms with E-state index in [1.54, 1.807) is 12.4 Å². The van der Waals surface area contributed by atoms with Crippen molar-refractivity contribution in [3.8, 4) is 17.1 Å². The molecule has 30 heavy (non-hydrogen) atoms. The molecule has 0 radical (unpaired) electrons. The fourth-order valence-corrected chi connectivity index (χ4v) is 3.61. The minimum absolute atomic E-state index is 0.000390. The second-order valence-electron chi connectivity index (χ2n) is 6.73. The van der Waals surface area contributed by atoms with Gasteiger partial charge >= 0.3 is 6.03 Å². The third kappa shape index (κ3) is 5.17. The summed E-state index contributed by atoms with van der Waals surface area (Å²) in [4.78, 5) is 27.9. The SMILES string of the molecule is Cc1c(Cl)cccc1-n1c(SCC(=O)NC(=O)NC(C)C)nnc1-c1ccncc1. The van der Waals surface area contributed by atoms with Crippen molar-refractivity contribution in [2.75, 3.05) is 5.75 Å². The van der Waals surface area contributed by atoms with Gasteiger partial charge in [-0.3, -0.25) is 19.7 Å². The molecule has 3 amide bonds. The molecule has 1 aromatic carbocycles. The number of nitrogens with one attached hydrogen (secondary N) is 2. The van der Waals surface area contributed by atoms with Gasteiger partial charge in [-0.1, -0.05) is 29.4 Å². The van der Waals surface area contributed by atoms with E-state index in [2.05, 4.69) is 25.8 Å². The molecule has 0 saturated heterocycles. The molecule has 2 heterocycles. The number of imide groups is 1. The standard InChI is InChI=1S/C20H21ClN6O2S/c1-12(2)23-19(29)24-17(28)11-30-20-26-25-18(14-7-9-22-10-8-14)27(20)16-6-4-5-15(21)13(16)3/h4-10,12H,11H2,1-3H3,(H2,23,24,28,29). The number of nitrogens with zero attached hydrogens (tertiary/aromatic N) is 4. The van der Waals surface area contributed by atoms with Crippen LogP contribution in [-0.4, -0.2) is 43.5 Å². The van der Waals surface area contributed by atoms with E-state index in [4.69, 9.17) is 11.6 Å². The first-order valence-electron chi connectivity index (χ1n) is 9.21. The Kier molecular flexibility index (Phi) is 7.07. The van der Waals surface area contributed by atoms with Crippen molar-refractivity contribution in [2.24, 2.45) is 0 Å². The van der Waals surface area contributed by atoms with E-state index in [9.17, 15) is 9.59 Å². The summed E-state index contributed by atoms with van der Waals surface area (Å²) in [6.07, 6.45) is 3.35. The Morgan fingerprint density at radius 3 is 2.60 bits per heavy atom. The number of carbonyl (C=O) groups excluding carboxylic acids is 2. The van der Waals surface area contributed by atoms with Gasteiger partial charge in [0.15, 0.2) is 11.0 Å². The highest BCUT2D eigenvalue weighted by atomic mass is 35.5. The second kappa shape index (κ2) is 9.73. The van der Waals surface area contributed by atoms with Crippen molar-refractivity contribution in [2.45, 2.75) is 32.0 Å². The molecule has 0 saturated carbocycles. The molecule has 0 fully saturated rings. The van der Waals surface area contributed by atoms with Crippen LogP contribution in [0, 0.1) is 6.92 Å². The predicted molar refractivity (Wildman–Crippen MR) is 117 cm³/mol. The number of pyridine rings is 1. The highest BCUT2D eigenvalue weighted by Crippen LogP contribution is 2.31. The van der Waals surface area contributed by atoms with Crippen molar-refractivity contribution >= 4 is 35.3 Å². The maximum atomic E-state index is 12.2. The van der Waals surface area contributed by atoms with Crippen LogP contribution in [0.3, 0.4) is 0 Å². The molecular formula is C20H21ClN6O2S. The lowest BCUT2D eigenvalue weighted by atomic mass is 10.2. The number of thioether (sulfide) groups is 1. The van der Waals surface area contributed by atoms with Gasteiger partial charge in [0.05, 0.1) is 11.4 Å². The van der Waals surface area contributed by atoms with Crippen LogP contribution in [0.15, 0.2) is 47.9 Å². The zero-order chi connectivity index (χ0) is 21.7. The van der Waals surface area contributed by atoms with Gasteiger partial charge in [-0.2, -0.15) is 0 Å². The Morgan fingerprint density at radius 2 is 1.90 bits per heavy atom. The zero-order valence-electron chi connectivity index (χ0n) is 16.7. The molecule has 2 N–H and O–H groups in total. The molecule has 0 aliphatic carbocycles. The minimum atomic E-state index is -0.528. The van der Waals surface area contributed by atoms with Crippen molar-refractivity contribution in [1.29, 1.82) is 0 Å². The highest BCUT2D eigenvalue weighted by molar-refractivity contribution is 7.99. The summed E-state index contributed by atoms with van der Waals surface area (Å²) >= 11 is 7.51. The summed E-state index contributed by atoms with van der Waals surface area (Å²) < 4.78 is 1.85. The van der Waals surface area contributed by atoms with Gasteiger partial charge in [0.25, 0.3) is 0 Å². The molecule has 0 aliphatic heterocycles. The van der Waals surface area contributed by atoms with Crippen LogP contribution in [0.25, 0.3) is 17.1 Å². The molecule has 0 spiro atoms. The molecule has 3 aromatic rings. The number of halogens is 1. The van der Waals surface area contributed by atoms with Crippen LogP contribution in [0.5, 0.6) is 0 Å². The monoisotopic (exact) mass is 444 g/mol. The summed E-state index contributed by atoms with van der Waals surface area (Å²) in [6.45, 7) is 5.54. The average Bonchev–Trinajstić information content (AvgIpc) is 3.12. The predicted octanol–water partition coefficient (Wildman–Crippen LogP) is 3.62. The first-order chi connectivity index (χ1) is 14.4. The summed E-state index contributed by atoms with van der Waals surface area (Å²) in [5.74, 6) is 0.170. The van der Waals surface area contributed by atoms with Crippen molar-refractivity contribution in [3.63, 3.8) is 0 Å². The molecule has 0 unspecified atom stereocenters. The highest BCUT2D eigenvalue weighted by Gasteiger charge is 2.19. The van der Waals surface area contributed by atoms with Crippen LogP contribution < -0.4 is 10.6 Å². The van der Waals surface area contributed by atoms with Gasteiger partial charge in [-0.25, -0.2) is 4.79 Å². The van der Waals surface area contributed by atoms with E-state index in [-0.39, 0.29) is 11.8 Å². The number of hydrogen-bond donors (Lipinski definition) is 2. The number of urea groups is 1. The van der Waals surface area contributed by atoms with Crippen molar-refractivity contribution in [3.05, 3.63) is 53.3 Å². The smallest absolute Gasteiger partial charge is 0.321 e. The fraction of sp³-hybridized carbons (Fsp3) is 0.250. The van der Waals surface area contributed by atoms with Crippen LogP contribution in [0.1, 0.15) is 19.4 Å². The van der Waals surface area contributed by atoms with Crippen LogP contribution in [-0.2, 0) is 4.79 Å². The molecular weight excluding hydrogens is 424 g/mol. The third-order valence-electron chi connectivity index (χ3n) is 4.06. The Hall–Kier alpha value is -2.91. The number of carbonyl (C=O) groups is 2. The van der Waals surface area contributed by atoms with Gasteiger partial charge in [0.2, 0.25) is 5.91 Å². The Labute approximate surface area is 183 Å². The van der Waals surface area contributed by atoms with E-state index in [0.717, 1.165) is 16.8 Å². The Morgan fingerprint density at radius 1 is 1.17 bits per heavy atom. The van der Waals surface area contributed by atoms with Gasteiger partial charge in [-0.05, 0) is 50.6 Å². The molecule has 156 valence electrons. The van der Waals surface area contributed by atoms with E-state index in [1.807, 2.05) is 55.7 Å². The summed E-state index contributed by atoms with van der Waals surface area (Å²) in [5.41, 5.74) is 2.49. The lowest BCUT2D eigenvalue weighted by Gasteiger charge is -2.14. The van der Waals surface area contributed by atoms with E-state index in [1.165, 1.54) is 11.8 Å². The summed E-state index contributed by atoms with van der Waals surface area (Å²) in [5, 5.41) is 14.6. The summed E-state index contributed by atoms with van der Waals surface area (Å²) in [6, 6.07) is 8.64. The molecule has 0 atom stereocenters. The fourth-order valence-electron chi connectivity index (χ4n) is 2.70. The first kappa shape index (κ1) is 21.8. The number of rotatable bonds is 6. The van der Waals surface area contributed by atoms with E-state index < -0.39 is 11.9 Å². The lowest BCUT2D eigenvalue weighted by molar-refractivity contribution is -0.117. The largest absolute Gasteiger partial charge is 0.336 e. The number of amides is 3. The maximum absolute atomic E-state index is 12.2. The van der Waals surface area contributed by atoms with E-state index in [0.29, 0.717) is 16.0 Å². The zero-order valence-corrected chi connectivity index (χ0v) is 18.3. The van der Waals surface area contributed by atoms with Crippen LogP contribution >= 0.6 is 23.4 Å². The molecule has 0 aliphatic rings. The molecule has 2 aromatic heterocycles. The van der Waals surface area contributed by atoms with Gasteiger partial charge in [0.1, 0.15) is 0 Å². The maximum Gasteiger partial charge on any atom is 0.321 e. The Balaban J connectivity index is 1.90. The minimum Gasteiger partial charge on any atom is -0.336 e.